The number of nitrogens with one attached hydrogen (secondary N) is 1. The Hall–Kier alpha value is -3.28. The van der Waals surface area contributed by atoms with Gasteiger partial charge in [-0.1, -0.05) is 42.5 Å². The zero-order chi connectivity index (χ0) is 19.2. The van der Waals surface area contributed by atoms with Gasteiger partial charge in [0.05, 0.1) is 20.4 Å². The van der Waals surface area contributed by atoms with Gasteiger partial charge in [0.1, 0.15) is 10.0 Å². The summed E-state index contributed by atoms with van der Waals surface area (Å²) in [5.74, 6) is 0. The third kappa shape index (κ3) is 2.87. The number of H-pyrrole nitrogens is 1. The number of aromatic nitrogens is 3. The Bertz CT molecular complexity index is 1380. The van der Waals surface area contributed by atoms with Crippen LogP contribution in [-0.2, 0) is 0 Å². The maximum Gasteiger partial charge on any atom is 0.127 e. The van der Waals surface area contributed by atoms with Crippen molar-refractivity contribution in [3.63, 3.8) is 0 Å². The fraction of sp³-hybridized carbons (Fsp3) is 0. The molecule has 0 spiro atoms. The third-order valence-corrected chi connectivity index (χ3v) is 7.11. The van der Waals surface area contributed by atoms with Crippen LogP contribution < -0.4 is 0 Å². The van der Waals surface area contributed by atoms with Gasteiger partial charge in [-0.15, -0.1) is 22.7 Å². The quantitative estimate of drug-likeness (QED) is 0.343. The molecular weight excluding hydrogens is 394 g/mol. The molecule has 6 rings (SSSR count). The minimum atomic E-state index is 0.996. The fourth-order valence-electron chi connectivity index (χ4n) is 3.56. The molecule has 0 amide bonds. The Morgan fingerprint density at radius 3 is 1.97 bits per heavy atom. The van der Waals surface area contributed by atoms with Crippen LogP contribution in [0.15, 0.2) is 79.0 Å². The number of nitrogens with zero attached hydrogens (tertiary/aromatic N) is 2. The lowest BCUT2D eigenvalue weighted by molar-refractivity contribution is 1.39. The molecule has 0 bridgehead atoms. The van der Waals surface area contributed by atoms with Crippen LogP contribution in [-0.4, -0.2) is 15.0 Å². The van der Waals surface area contributed by atoms with E-state index in [0.29, 0.717) is 0 Å². The summed E-state index contributed by atoms with van der Waals surface area (Å²) in [6.45, 7) is 0. The van der Waals surface area contributed by atoms with Crippen molar-refractivity contribution in [1.82, 2.24) is 15.0 Å². The minimum Gasteiger partial charge on any atom is -0.361 e. The molecule has 29 heavy (non-hydrogen) atoms. The summed E-state index contributed by atoms with van der Waals surface area (Å²) in [4.78, 5) is 13.2. The Balaban J connectivity index is 1.61. The van der Waals surface area contributed by atoms with Crippen LogP contribution in [0, 0.1) is 0 Å². The van der Waals surface area contributed by atoms with Gasteiger partial charge >= 0.3 is 0 Å². The first-order valence-corrected chi connectivity index (χ1v) is 11.0. The van der Waals surface area contributed by atoms with Crippen molar-refractivity contribution >= 4 is 65.7 Å². The van der Waals surface area contributed by atoms with Gasteiger partial charge in [-0.3, -0.25) is 0 Å². The normalized spacial score (nSPS) is 11.4. The van der Waals surface area contributed by atoms with Crippen LogP contribution in [0.5, 0.6) is 0 Å². The number of fused-ring (bicyclic) bond motifs is 3. The van der Waals surface area contributed by atoms with Gasteiger partial charge in [0.25, 0.3) is 0 Å². The summed E-state index contributed by atoms with van der Waals surface area (Å²) in [5, 5.41) is 3.19. The van der Waals surface area contributed by atoms with Gasteiger partial charge in [-0.2, -0.15) is 0 Å². The molecule has 0 saturated heterocycles. The van der Waals surface area contributed by atoms with E-state index in [1.54, 1.807) is 22.7 Å². The van der Waals surface area contributed by atoms with Crippen LogP contribution in [0.4, 0.5) is 0 Å². The summed E-state index contributed by atoms with van der Waals surface area (Å²) in [7, 11) is 0. The Morgan fingerprint density at radius 2 is 1.31 bits per heavy atom. The summed E-state index contributed by atoms with van der Waals surface area (Å²) in [6, 6.07) is 24.9. The molecule has 5 heteroatoms. The molecule has 3 heterocycles. The van der Waals surface area contributed by atoms with Crippen molar-refractivity contribution in [3.05, 3.63) is 94.6 Å². The molecule has 3 aromatic heterocycles. The van der Waals surface area contributed by atoms with Crippen LogP contribution in [0.1, 0.15) is 15.6 Å². The largest absolute Gasteiger partial charge is 0.361 e. The molecule has 0 aliphatic rings. The van der Waals surface area contributed by atoms with Crippen LogP contribution in [0.3, 0.4) is 0 Å². The highest BCUT2D eigenvalue weighted by molar-refractivity contribution is 7.22. The van der Waals surface area contributed by atoms with Crippen molar-refractivity contribution in [3.8, 4) is 0 Å². The molecule has 6 aromatic rings. The number of hydrogen-bond donors (Lipinski definition) is 1. The summed E-state index contributed by atoms with van der Waals surface area (Å²) in [6.07, 6.45) is 4.28. The van der Waals surface area contributed by atoms with Crippen molar-refractivity contribution in [1.29, 1.82) is 0 Å². The number of hydrogen-bond acceptors (Lipinski definition) is 4. The SMILES string of the molecule is C(=C(c1nc2ccccc2s1)c1nc2ccccc2s1)c1c[nH]c2ccccc12. The fourth-order valence-corrected chi connectivity index (χ4v) is 5.59. The molecule has 0 unspecified atom stereocenters. The second-order valence-corrected chi connectivity index (χ2v) is 8.88. The Kier molecular flexibility index (Phi) is 3.82. The maximum atomic E-state index is 4.93. The zero-order valence-corrected chi connectivity index (χ0v) is 16.9. The lowest BCUT2D eigenvalue weighted by atomic mass is 10.1. The highest BCUT2D eigenvalue weighted by Gasteiger charge is 2.16. The number of rotatable bonds is 3. The van der Waals surface area contributed by atoms with E-state index in [2.05, 4.69) is 71.9 Å². The van der Waals surface area contributed by atoms with Crippen molar-refractivity contribution in [2.45, 2.75) is 0 Å². The molecule has 3 aromatic carbocycles. The second kappa shape index (κ2) is 6.65. The predicted octanol–water partition coefficient (Wildman–Crippen LogP) is 6.98. The first kappa shape index (κ1) is 16.7. The van der Waals surface area contributed by atoms with Crippen molar-refractivity contribution < 1.29 is 0 Å². The maximum absolute atomic E-state index is 4.93. The van der Waals surface area contributed by atoms with E-state index < -0.39 is 0 Å². The van der Waals surface area contributed by atoms with Crippen LogP contribution in [0.2, 0.25) is 0 Å². The second-order valence-electron chi connectivity index (χ2n) is 6.82. The predicted molar refractivity (Wildman–Crippen MR) is 125 cm³/mol. The first-order valence-electron chi connectivity index (χ1n) is 9.35. The number of para-hydroxylation sites is 3. The van der Waals surface area contributed by atoms with Crippen molar-refractivity contribution in [2.24, 2.45) is 0 Å². The van der Waals surface area contributed by atoms with E-state index in [4.69, 9.17) is 9.97 Å². The van der Waals surface area contributed by atoms with Gasteiger partial charge in [-0.25, -0.2) is 9.97 Å². The molecule has 0 aliphatic heterocycles. The zero-order valence-electron chi connectivity index (χ0n) is 15.3. The smallest absolute Gasteiger partial charge is 0.127 e. The molecule has 3 nitrogen and oxygen atoms in total. The highest BCUT2D eigenvalue weighted by Crippen LogP contribution is 2.37. The molecule has 1 N–H and O–H groups in total. The Labute approximate surface area is 175 Å². The van der Waals surface area contributed by atoms with Crippen LogP contribution in [0.25, 0.3) is 43.0 Å². The summed E-state index contributed by atoms with van der Waals surface area (Å²) >= 11 is 3.43. The van der Waals surface area contributed by atoms with Gasteiger partial charge in [0, 0.05) is 28.2 Å². The molecule has 0 fully saturated rings. The van der Waals surface area contributed by atoms with E-state index in [1.807, 2.05) is 18.2 Å². The summed E-state index contributed by atoms with van der Waals surface area (Å²) in [5.41, 5.74) is 5.40. The van der Waals surface area contributed by atoms with Gasteiger partial charge in [0.15, 0.2) is 0 Å². The standard InChI is InChI=1S/C24H15N3S2/c1-2-8-18-16(7-1)15(14-25-18)13-17(23-26-19-9-3-5-11-21(19)28-23)24-27-20-10-4-6-12-22(20)29-24/h1-14,25H. The van der Waals surface area contributed by atoms with E-state index in [-0.39, 0.29) is 0 Å². The lowest BCUT2D eigenvalue weighted by Gasteiger charge is -2.00. The van der Waals surface area contributed by atoms with Gasteiger partial charge in [0.2, 0.25) is 0 Å². The van der Waals surface area contributed by atoms with Gasteiger partial charge < -0.3 is 4.98 Å². The van der Waals surface area contributed by atoms with Crippen LogP contribution >= 0.6 is 22.7 Å². The molecule has 0 radical (unpaired) electrons. The number of thiazole rings is 2. The molecule has 0 saturated carbocycles. The van der Waals surface area contributed by atoms with E-state index in [0.717, 1.165) is 37.7 Å². The minimum absolute atomic E-state index is 0.996. The van der Waals surface area contributed by atoms with E-state index in [9.17, 15) is 0 Å². The summed E-state index contributed by atoms with van der Waals surface area (Å²) < 4.78 is 2.38. The van der Waals surface area contributed by atoms with Gasteiger partial charge in [-0.05, 0) is 36.4 Å². The number of aromatic amines is 1. The van der Waals surface area contributed by atoms with Crippen molar-refractivity contribution in [2.75, 3.05) is 0 Å². The highest BCUT2D eigenvalue weighted by atomic mass is 32.1. The lowest BCUT2D eigenvalue weighted by Crippen LogP contribution is -1.86. The van der Waals surface area contributed by atoms with E-state index >= 15 is 0 Å². The molecular formula is C24H15N3S2. The Morgan fingerprint density at radius 1 is 0.724 bits per heavy atom. The molecule has 0 aliphatic carbocycles. The molecule has 138 valence electrons. The molecule has 0 atom stereocenters. The topological polar surface area (TPSA) is 41.6 Å². The average molecular weight is 410 g/mol. The average Bonchev–Trinajstić information content (AvgIpc) is 3.47. The first-order chi connectivity index (χ1) is 14.3. The third-order valence-electron chi connectivity index (χ3n) is 4.97. The monoisotopic (exact) mass is 409 g/mol. The number of benzene rings is 3. The van der Waals surface area contributed by atoms with E-state index in [1.165, 1.54) is 14.8 Å².